The van der Waals surface area contributed by atoms with E-state index in [0.29, 0.717) is 6.54 Å². The van der Waals surface area contributed by atoms with Crippen LogP contribution in [0.1, 0.15) is 19.4 Å². The number of carboxylic acid groups (broad SMARTS) is 1. The molecule has 0 atom stereocenters. The molecule has 0 aliphatic heterocycles. The first-order valence-corrected chi connectivity index (χ1v) is 6.64. The fourth-order valence-corrected chi connectivity index (χ4v) is 1.83. The van der Waals surface area contributed by atoms with E-state index < -0.39 is 5.97 Å². The van der Waals surface area contributed by atoms with Gasteiger partial charge in [0.2, 0.25) is 5.91 Å². The molecule has 20 heavy (non-hydrogen) atoms. The Morgan fingerprint density at radius 1 is 1.15 bits per heavy atom. The maximum Gasteiger partial charge on any atom is 0.317 e. The van der Waals surface area contributed by atoms with Crippen LogP contribution in [0.2, 0.25) is 0 Å². The minimum Gasteiger partial charge on any atom is -0.480 e. The van der Waals surface area contributed by atoms with E-state index >= 15 is 0 Å². The fraction of sp³-hybridized carbons (Fsp3) is 0.467. The van der Waals surface area contributed by atoms with Crippen molar-refractivity contribution in [2.45, 2.75) is 26.4 Å². The van der Waals surface area contributed by atoms with Crippen molar-refractivity contribution in [2.24, 2.45) is 0 Å². The zero-order valence-corrected chi connectivity index (χ0v) is 12.2. The zero-order valence-electron chi connectivity index (χ0n) is 12.2. The molecule has 110 valence electrons. The van der Waals surface area contributed by atoms with Crippen LogP contribution in [0.15, 0.2) is 30.3 Å². The molecule has 0 saturated heterocycles. The average Bonchev–Trinajstić information content (AvgIpc) is 2.38. The molecule has 1 rings (SSSR count). The Kier molecular flexibility index (Phi) is 6.18. The number of hydrogen-bond donors (Lipinski definition) is 1. The zero-order chi connectivity index (χ0) is 15.1. The first-order chi connectivity index (χ1) is 9.40. The summed E-state index contributed by atoms with van der Waals surface area (Å²) in [6, 6.07) is 9.72. The van der Waals surface area contributed by atoms with Crippen LogP contribution in [0.4, 0.5) is 0 Å². The number of carboxylic acids is 1. The molecule has 0 aliphatic rings. The molecule has 0 unspecified atom stereocenters. The molecule has 0 fully saturated rings. The minimum absolute atomic E-state index is 0.0141. The van der Waals surface area contributed by atoms with Gasteiger partial charge in [0.15, 0.2) is 0 Å². The van der Waals surface area contributed by atoms with E-state index in [1.165, 1.54) is 0 Å². The molecule has 0 aromatic heterocycles. The molecule has 0 saturated carbocycles. The summed E-state index contributed by atoms with van der Waals surface area (Å²) in [5.74, 6) is -0.999. The van der Waals surface area contributed by atoms with Crippen LogP contribution in [-0.2, 0) is 16.1 Å². The van der Waals surface area contributed by atoms with Crippen molar-refractivity contribution in [3.8, 4) is 0 Å². The normalized spacial score (nSPS) is 10.8. The van der Waals surface area contributed by atoms with E-state index in [1.54, 1.807) is 16.8 Å². The summed E-state index contributed by atoms with van der Waals surface area (Å²) in [4.78, 5) is 26.2. The number of amides is 1. The Labute approximate surface area is 119 Å². The Balaban J connectivity index is 2.57. The Morgan fingerprint density at radius 2 is 1.75 bits per heavy atom. The lowest BCUT2D eigenvalue weighted by Crippen LogP contribution is -2.43. The summed E-state index contributed by atoms with van der Waals surface area (Å²) < 4.78 is 0. The molecule has 5 nitrogen and oxygen atoms in total. The number of nitrogens with zero attached hydrogens (tertiary/aromatic N) is 2. The van der Waals surface area contributed by atoms with Crippen molar-refractivity contribution in [3.05, 3.63) is 35.9 Å². The highest BCUT2D eigenvalue weighted by molar-refractivity contribution is 5.79. The van der Waals surface area contributed by atoms with Crippen LogP contribution in [0.25, 0.3) is 0 Å². The third kappa shape index (κ3) is 5.40. The standard InChI is InChI=1S/C15H22N2O3/c1-12(2)17(11-15(19)20)10-14(18)16(3)9-13-7-5-4-6-8-13/h4-8,12H,9-11H2,1-3H3,(H,19,20). The molecular formula is C15H22N2O3. The van der Waals surface area contributed by atoms with Crippen molar-refractivity contribution in [3.63, 3.8) is 0 Å². The second-order valence-electron chi connectivity index (χ2n) is 5.13. The van der Waals surface area contributed by atoms with Gasteiger partial charge in [0, 0.05) is 19.6 Å². The molecule has 5 heteroatoms. The molecule has 1 N–H and O–H groups in total. The summed E-state index contributed by atoms with van der Waals surface area (Å²) in [7, 11) is 1.73. The van der Waals surface area contributed by atoms with Crippen molar-refractivity contribution in [1.82, 2.24) is 9.80 Å². The number of carbonyl (C=O) groups excluding carboxylic acids is 1. The van der Waals surface area contributed by atoms with E-state index in [9.17, 15) is 9.59 Å². The van der Waals surface area contributed by atoms with Crippen LogP contribution in [0, 0.1) is 0 Å². The number of rotatable bonds is 7. The van der Waals surface area contributed by atoms with Crippen LogP contribution in [0.5, 0.6) is 0 Å². The lowest BCUT2D eigenvalue weighted by molar-refractivity contribution is -0.140. The highest BCUT2D eigenvalue weighted by Crippen LogP contribution is 2.05. The van der Waals surface area contributed by atoms with Gasteiger partial charge in [0.05, 0.1) is 13.1 Å². The van der Waals surface area contributed by atoms with Crippen molar-refractivity contribution in [1.29, 1.82) is 0 Å². The molecule has 0 heterocycles. The minimum atomic E-state index is -0.919. The maximum absolute atomic E-state index is 12.1. The third-order valence-electron chi connectivity index (χ3n) is 3.10. The number of carbonyl (C=O) groups is 2. The van der Waals surface area contributed by atoms with E-state index in [1.807, 2.05) is 44.2 Å². The lowest BCUT2D eigenvalue weighted by atomic mass is 10.2. The molecule has 0 spiro atoms. The molecule has 0 radical (unpaired) electrons. The van der Waals surface area contributed by atoms with E-state index in [2.05, 4.69) is 0 Å². The summed E-state index contributed by atoms with van der Waals surface area (Å²) in [6.45, 7) is 4.29. The molecule has 1 amide bonds. The number of benzene rings is 1. The van der Waals surface area contributed by atoms with E-state index in [0.717, 1.165) is 5.56 Å². The first-order valence-electron chi connectivity index (χ1n) is 6.64. The smallest absolute Gasteiger partial charge is 0.317 e. The van der Waals surface area contributed by atoms with Crippen LogP contribution >= 0.6 is 0 Å². The molecule has 0 aliphatic carbocycles. The van der Waals surface area contributed by atoms with Gasteiger partial charge in [0.1, 0.15) is 0 Å². The molecular weight excluding hydrogens is 256 g/mol. The summed E-state index contributed by atoms with van der Waals surface area (Å²) >= 11 is 0. The van der Waals surface area contributed by atoms with Gasteiger partial charge in [-0.25, -0.2) is 0 Å². The number of hydrogen-bond acceptors (Lipinski definition) is 3. The summed E-state index contributed by atoms with van der Waals surface area (Å²) in [5.41, 5.74) is 1.05. The Morgan fingerprint density at radius 3 is 2.25 bits per heavy atom. The van der Waals surface area contributed by atoms with Crippen LogP contribution in [-0.4, -0.2) is 53.0 Å². The largest absolute Gasteiger partial charge is 0.480 e. The maximum atomic E-state index is 12.1. The van der Waals surface area contributed by atoms with Gasteiger partial charge in [-0.05, 0) is 19.4 Å². The van der Waals surface area contributed by atoms with Crippen LogP contribution < -0.4 is 0 Å². The van der Waals surface area contributed by atoms with Gasteiger partial charge in [-0.1, -0.05) is 30.3 Å². The summed E-state index contributed by atoms with van der Waals surface area (Å²) in [5, 5.41) is 8.85. The van der Waals surface area contributed by atoms with Gasteiger partial charge in [-0.3, -0.25) is 14.5 Å². The van der Waals surface area contributed by atoms with Gasteiger partial charge in [-0.15, -0.1) is 0 Å². The highest BCUT2D eigenvalue weighted by Gasteiger charge is 2.19. The topological polar surface area (TPSA) is 60.9 Å². The lowest BCUT2D eigenvalue weighted by Gasteiger charge is -2.26. The number of likely N-dealkylation sites (N-methyl/N-ethyl adjacent to an activating group) is 1. The quantitative estimate of drug-likeness (QED) is 0.820. The number of aliphatic carboxylic acids is 1. The molecule has 1 aromatic rings. The predicted molar refractivity (Wildman–Crippen MR) is 77.3 cm³/mol. The van der Waals surface area contributed by atoms with Crippen molar-refractivity contribution >= 4 is 11.9 Å². The summed E-state index contributed by atoms with van der Waals surface area (Å²) in [6.07, 6.45) is 0. The Bertz CT molecular complexity index is 446. The second kappa shape index (κ2) is 7.65. The molecule has 1 aromatic carbocycles. The van der Waals surface area contributed by atoms with E-state index in [-0.39, 0.29) is 25.0 Å². The monoisotopic (exact) mass is 278 g/mol. The average molecular weight is 278 g/mol. The first kappa shape index (κ1) is 16.2. The van der Waals surface area contributed by atoms with Gasteiger partial charge in [-0.2, -0.15) is 0 Å². The van der Waals surface area contributed by atoms with E-state index in [4.69, 9.17) is 5.11 Å². The fourth-order valence-electron chi connectivity index (χ4n) is 1.83. The second-order valence-corrected chi connectivity index (χ2v) is 5.13. The van der Waals surface area contributed by atoms with Crippen LogP contribution in [0.3, 0.4) is 0 Å². The SMILES string of the molecule is CC(C)N(CC(=O)O)CC(=O)N(C)Cc1ccccc1. The Hall–Kier alpha value is -1.88. The highest BCUT2D eigenvalue weighted by atomic mass is 16.4. The van der Waals surface area contributed by atoms with Gasteiger partial charge >= 0.3 is 5.97 Å². The predicted octanol–water partition coefficient (Wildman–Crippen LogP) is 1.44. The van der Waals surface area contributed by atoms with Gasteiger partial charge < -0.3 is 10.0 Å². The van der Waals surface area contributed by atoms with Gasteiger partial charge in [0.25, 0.3) is 0 Å². The third-order valence-corrected chi connectivity index (χ3v) is 3.10. The molecule has 0 bridgehead atoms. The van der Waals surface area contributed by atoms with Crippen molar-refractivity contribution < 1.29 is 14.7 Å². The van der Waals surface area contributed by atoms with Crippen molar-refractivity contribution in [2.75, 3.05) is 20.1 Å².